The van der Waals surface area contributed by atoms with Crippen LogP contribution >= 0.6 is 15.9 Å². The van der Waals surface area contributed by atoms with Crippen molar-refractivity contribution in [2.75, 3.05) is 32.2 Å². The normalized spacial score (nSPS) is 26.5. The van der Waals surface area contributed by atoms with Crippen molar-refractivity contribution >= 4 is 45.3 Å². The van der Waals surface area contributed by atoms with E-state index >= 15 is 0 Å². The summed E-state index contributed by atoms with van der Waals surface area (Å²) in [5, 5.41) is 10.5. The number of hydrogen-bond acceptors (Lipinski definition) is 8. The molecule has 1 N–H and O–H groups in total. The summed E-state index contributed by atoms with van der Waals surface area (Å²) >= 11 is 3.73. The maximum absolute atomic E-state index is 14.9. The van der Waals surface area contributed by atoms with Gasteiger partial charge in [-0.15, -0.1) is 13.2 Å². The van der Waals surface area contributed by atoms with Crippen molar-refractivity contribution in [1.82, 2.24) is 9.80 Å². The van der Waals surface area contributed by atoms with Gasteiger partial charge in [-0.05, 0) is 56.0 Å². The molecule has 2 aromatic carbocycles. The van der Waals surface area contributed by atoms with Gasteiger partial charge in [-0.1, -0.05) is 65.3 Å². The Morgan fingerprint density at radius 2 is 1.82 bits per heavy atom. The summed E-state index contributed by atoms with van der Waals surface area (Å²) in [6, 6.07) is 13.8. The quantitative estimate of drug-likeness (QED) is 0.146. The Kier molecular flexibility index (Phi) is 12.1. The molecule has 0 saturated carbocycles. The molecule has 2 aromatic rings. The Balaban J connectivity index is 1.54. The van der Waals surface area contributed by atoms with Crippen molar-refractivity contribution < 1.29 is 38.5 Å². The van der Waals surface area contributed by atoms with Gasteiger partial charge in [0.2, 0.25) is 11.8 Å². The monoisotopic (exact) mass is 765 g/mol. The van der Waals surface area contributed by atoms with Crippen LogP contribution in [0.3, 0.4) is 0 Å². The number of alkyl halides is 1. The van der Waals surface area contributed by atoms with Crippen LogP contribution in [0.25, 0.3) is 0 Å². The average Bonchev–Trinajstić information content (AvgIpc) is 3.75. The number of allylic oxidation sites excluding steroid dienone is 1. The number of likely N-dealkylation sites (tertiary alicyclic amines) is 1. The van der Waals surface area contributed by atoms with Gasteiger partial charge >= 0.3 is 5.97 Å². The Bertz CT molecular complexity index is 1600. The topological polar surface area (TPSA) is 126 Å². The van der Waals surface area contributed by atoms with Gasteiger partial charge in [-0.25, -0.2) is 0 Å². The molecule has 274 valence electrons. The molecule has 5 rings (SSSR count). The van der Waals surface area contributed by atoms with Crippen molar-refractivity contribution in [2.45, 2.75) is 80.3 Å². The number of fused-ring (bicyclic) bond motifs is 1. The minimum absolute atomic E-state index is 0.124. The lowest BCUT2D eigenvalue weighted by molar-refractivity contribution is -0.165. The highest BCUT2D eigenvalue weighted by Crippen LogP contribution is 2.61. The molecule has 1 spiro atoms. The molecule has 11 nitrogen and oxygen atoms in total. The second kappa shape index (κ2) is 16.1. The van der Waals surface area contributed by atoms with Crippen molar-refractivity contribution in [1.29, 1.82) is 0 Å². The highest BCUT2D eigenvalue weighted by atomic mass is 79.9. The number of esters is 1. The van der Waals surface area contributed by atoms with Crippen LogP contribution in [-0.2, 0) is 28.7 Å². The predicted molar refractivity (Wildman–Crippen MR) is 196 cm³/mol. The number of anilines is 1. The fourth-order valence-corrected chi connectivity index (χ4v) is 8.85. The number of likely N-dealkylation sites (N-methyl/N-ethyl adjacent to an activating group) is 1. The van der Waals surface area contributed by atoms with Crippen LogP contribution in [0.2, 0.25) is 0 Å². The molecule has 3 aliphatic rings. The van der Waals surface area contributed by atoms with Crippen molar-refractivity contribution in [2.24, 2.45) is 11.8 Å². The van der Waals surface area contributed by atoms with Crippen LogP contribution < -0.4 is 9.64 Å². The Morgan fingerprint density at radius 1 is 1.14 bits per heavy atom. The second-order valence-corrected chi connectivity index (χ2v) is 14.6. The summed E-state index contributed by atoms with van der Waals surface area (Å²) in [6.45, 7) is 11.0. The third-order valence-corrected chi connectivity index (χ3v) is 11.5. The van der Waals surface area contributed by atoms with E-state index in [4.69, 9.17) is 14.2 Å². The van der Waals surface area contributed by atoms with E-state index < -0.39 is 65.6 Å². The number of halogens is 1. The first-order valence-electron chi connectivity index (χ1n) is 17.4. The first kappa shape index (κ1) is 38.2. The average molecular weight is 767 g/mol. The van der Waals surface area contributed by atoms with Gasteiger partial charge in [0.25, 0.3) is 5.91 Å². The molecule has 3 amide bonds. The number of carbonyl (C=O) groups is 4. The van der Waals surface area contributed by atoms with Crippen LogP contribution in [0.5, 0.6) is 5.75 Å². The molecule has 1 unspecified atom stereocenters. The second-order valence-electron chi connectivity index (χ2n) is 13.4. The maximum Gasteiger partial charge on any atom is 0.313 e. The number of carbonyl (C=O) groups excluding carboxylic acids is 4. The van der Waals surface area contributed by atoms with Gasteiger partial charge in [0.1, 0.15) is 23.5 Å². The zero-order valence-electron chi connectivity index (χ0n) is 29.7. The lowest BCUT2D eigenvalue weighted by atomic mass is 9.70. The summed E-state index contributed by atoms with van der Waals surface area (Å²) < 4.78 is 18.4. The highest BCUT2D eigenvalue weighted by Gasteiger charge is 2.77. The molecular weight excluding hydrogens is 718 g/mol. The van der Waals surface area contributed by atoms with Crippen LogP contribution in [-0.4, -0.2) is 101 Å². The van der Waals surface area contributed by atoms with Gasteiger partial charge in [-0.2, -0.15) is 0 Å². The van der Waals surface area contributed by atoms with Crippen molar-refractivity contribution in [3.05, 3.63) is 85.5 Å². The Labute approximate surface area is 308 Å². The maximum atomic E-state index is 14.9. The summed E-state index contributed by atoms with van der Waals surface area (Å²) in [4.78, 5) is 61.3. The van der Waals surface area contributed by atoms with E-state index in [1.54, 1.807) is 55.5 Å². The number of aliphatic hydroxyl groups is 1. The van der Waals surface area contributed by atoms with E-state index in [0.29, 0.717) is 29.8 Å². The van der Waals surface area contributed by atoms with Crippen LogP contribution in [0.1, 0.15) is 51.2 Å². The van der Waals surface area contributed by atoms with Crippen molar-refractivity contribution in [3.8, 4) is 5.75 Å². The summed E-state index contributed by atoms with van der Waals surface area (Å²) in [6.07, 6.45) is 3.10. The SMILES string of the molecule is C=CCCC(=O)N(C)[C@@H](C)[C@@H](OC(=O)[C@H]1[C@@H]2O[C@@]3(CC2Br)[C@@H]1C(=O)N([C@@H](CC)CO)[C@@H]3C(=O)N(CC=C)c1ccc(OC)cc1)c1ccccc1. The van der Waals surface area contributed by atoms with E-state index in [-0.39, 0.29) is 36.7 Å². The molecule has 3 saturated heterocycles. The van der Waals surface area contributed by atoms with Crippen LogP contribution in [0.15, 0.2) is 79.9 Å². The first-order valence-corrected chi connectivity index (χ1v) is 18.3. The van der Waals surface area contributed by atoms with E-state index in [2.05, 4.69) is 29.1 Å². The summed E-state index contributed by atoms with van der Waals surface area (Å²) in [5.74, 6) is -3.11. The number of rotatable bonds is 16. The Hall–Kier alpha value is -4.00. The molecule has 0 aromatic heterocycles. The highest BCUT2D eigenvalue weighted by molar-refractivity contribution is 9.09. The van der Waals surface area contributed by atoms with Crippen molar-refractivity contribution in [3.63, 3.8) is 0 Å². The minimum Gasteiger partial charge on any atom is -0.497 e. The molecule has 51 heavy (non-hydrogen) atoms. The van der Waals surface area contributed by atoms with Gasteiger partial charge in [0.05, 0.1) is 43.7 Å². The zero-order chi connectivity index (χ0) is 37.0. The third kappa shape index (κ3) is 6.97. The molecule has 0 aliphatic carbocycles. The molecule has 0 radical (unpaired) electrons. The minimum atomic E-state index is -1.38. The standard InChI is InChI=1S/C39H48BrN3O8/c1-7-10-16-30(45)41(5)24(4)33(25-14-12-11-13-15-25)50-38(48)31-32-36(46)43(26(9-3)23-44)35(39(32)22-29(40)34(31)51-39)37(47)42(21-8-2)27-17-19-28(49-6)20-18-27/h7-8,11-15,17-20,24,26,29,31-35,44H,1-2,9-10,16,21-23H2,3-6H3/t24-,26-,29?,31+,32-,33+,34+,35+,39-/m0/s1. The van der Waals surface area contributed by atoms with Crippen LogP contribution in [0, 0.1) is 11.8 Å². The number of aliphatic hydroxyl groups excluding tert-OH is 1. The zero-order valence-corrected chi connectivity index (χ0v) is 31.2. The van der Waals surface area contributed by atoms with Gasteiger partial charge in [-0.3, -0.25) is 19.2 Å². The number of amides is 3. The first-order chi connectivity index (χ1) is 24.5. The van der Waals surface area contributed by atoms with E-state index in [1.165, 1.54) is 9.80 Å². The van der Waals surface area contributed by atoms with Gasteiger partial charge < -0.3 is 34.0 Å². The predicted octanol–water partition coefficient (Wildman–Crippen LogP) is 4.83. The lowest BCUT2D eigenvalue weighted by Crippen LogP contribution is -2.59. The lowest BCUT2D eigenvalue weighted by Gasteiger charge is -2.39. The molecule has 12 heteroatoms. The van der Waals surface area contributed by atoms with Gasteiger partial charge in [0.15, 0.2) is 0 Å². The summed E-state index contributed by atoms with van der Waals surface area (Å²) in [7, 11) is 3.23. The van der Waals surface area contributed by atoms with Gasteiger partial charge in [0, 0.05) is 30.5 Å². The molecule has 9 atom stereocenters. The number of hydrogen-bond donors (Lipinski definition) is 1. The summed E-state index contributed by atoms with van der Waals surface area (Å²) in [5.41, 5.74) is -0.124. The van der Waals surface area contributed by atoms with E-state index in [1.807, 2.05) is 44.2 Å². The number of nitrogens with zero attached hydrogens (tertiary/aromatic N) is 3. The van der Waals surface area contributed by atoms with Crippen LogP contribution in [0.4, 0.5) is 5.69 Å². The molecular formula is C39H48BrN3O8. The molecule has 3 heterocycles. The number of benzene rings is 2. The number of methoxy groups -OCH3 is 1. The molecule has 2 bridgehead atoms. The molecule has 3 aliphatic heterocycles. The number of ether oxygens (including phenoxy) is 3. The largest absolute Gasteiger partial charge is 0.497 e. The van der Waals surface area contributed by atoms with E-state index in [9.17, 15) is 24.3 Å². The third-order valence-electron chi connectivity index (χ3n) is 10.6. The fourth-order valence-electron chi connectivity index (χ4n) is 7.91. The van der Waals surface area contributed by atoms with E-state index in [0.717, 1.165) is 0 Å². The molecule has 3 fully saturated rings. The fraction of sp³-hybridized carbons (Fsp3) is 0.487. The smallest absolute Gasteiger partial charge is 0.313 e. The Morgan fingerprint density at radius 3 is 2.41 bits per heavy atom.